The third-order valence-electron chi connectivity index (χ3n) is 5.68. The number of amides is 1. The second kappa shape index (κ2) is 8.29. The molecule has 8 heteroatoms. The lowest BCUT2D eigenvalue weighted by Crippen LogP contribution is -2.39. The van der Waals surface area contributed by atoms with Gasteiger partial charge in [-0.25, -0.2) is 0 Å². The van der Waals surface area contributed by atoms with Crippen molar-refractivity contribution in [3.05, 3.63) is 60.4 Å². The number of carbonyl (C=O) groups is 1. The van der Waals surface area contributed by atoms with Crippen LogP contribution < -0.4 is 0 Å². The summed E-state index contributed by atoms with van der Waals surface area (Å²) in [6.45, 7) is 3.53. The van der Waals surface area contributed by atoms with Gasteiger partial charge in [0.05, 0.1) is 0 Å². The molecule has 1 aromatic carbocycles. The van der Waals surface area contributed by atoms with Crippen molar-refractivity contribution in [2.75, 3.05) is 6.54 Å². The standard InChI is InChI=1S/C23H24N6O2/c1-2-13-28-15-11-18(27-28)23(30)29-14-6-5-9-19(29)21-25-26-22(31-21)20-17-8-4-3-7-16(17)10-12-24-20/h3-4,7-8,10-12,15,19H,2,5-6,9,13-14H2,1H3/t19-/m0/s1. The molecule has 1 aliphatic heterocycles. The van der Waals surface area contributed by atoms with Crippen molar-refractivity contribution >= 4 is 16.7 Å². The third kappa shape index (κ3) is 3.69. The molecule has 0 bridgehead atoms. The van der Waals surface area contributed by atoms with Gasteiger partial charge >= 0.3 is 0 Å². The van der Waals surface area contributed by atoms with Gasteiger partial charge in [0.25, 0.3) is 11.8 Å². The summed E-state index contributed by atoms with van der Waals surface area (Å²) < 4.78 is 7.88. The number of aryl methyl sites for hydroxylation is 1. The number of carbonyl (C=O) groups excluding carboxylic acids is 1. The van der Waals surface area contributed by atoms with Crippen molar-refractivity contribution in [3.8, 4) is 11.6 Å². The maximum atomic E-state index is 13.2. The van der Waals surface area contributed by atoms with Gasteiger partial charge in [0.15, 0.2) is 0 Å². The number of rotatable bonds is 5. The molecular formula is C23H24N6O2. The monoisotopic (exact) mass is 416 g/mol. The predicted molar refractivity (Wildman–Crippen MR) is 115 cm³/mol. The molecule has 8 nitrogen and oxygen atoms in total. The molecule has 1 fully saturated rings. The Bertz CT molecular complexity index is 1210. The quantitative estimate of drug-likeness (QED) is 0.483. The van der Waals surface area contributed by atoms with Gasteiger partial charge in [-0.05, 0) is 43.2 Å². The molecule has 4 aromatic rings. The Morgan fingerprint density at radius 1 is 1.16 bits per heavy atom. The van der Waals surface area contributed by atoms with Crippen LogP contribution in [-0.2, 0) is 6.54 Å². The first-order chi connectivity index (χ1) is 15.2. The summed E-state index contributed by atoms with van der Waals surface area (Å²) in [5.41, 5.74) is 1.11. The summed E-state index contributed by atoms with van der Waals surface area (Å²) in [6.07, 6.45) is 7.30. The molecule has 0 N–H and O–H groups in total. The van der Waals surface area contributed by atoms with Crippen LogP contribution in [0.3, 0.4) is 0 Å². The number of piperidine rings is 1. The van der Waals surface area contributed by atoms with Gasteiger partial charge < -0.3 is 9.32 Å². The highest BCUT2D eigenvalue weighted by Gasteiger charge is 2.33. The van der Waals surface area contributed by atoms with Crippen LogP contribution in [0.5, 0.6) is 0 Å². The van der Waals surface area contributed by atoms with Gasteiger partial charge in [0.1, 0.15) is 17.4 Å². The lowest BCUT2D eigenvalue weighted by molar-refractivity contribution is 0.0565. The zero-order valence-corrected chi connectivity index (χ0v) is 17.4. The van der Waals surface area contributed by atoms with E-state index in [-0.39, 0.29) is 11.9 Å². The Morgan fingerprint density at radius 2 is 2.06 bits per heavy atom. The summed E-state index contributed by atoms with van der Waals surface area (Å²) in [7, 11) is 0. The molecule has 3 aromatic heterocycles. The van der Waals surface area contributed by atoms with Crippen molar-refractivity contribution in [2.24, 2.45) is 0 Å². The first-order valence-corrected chi connectivity index (χ1v) is 10.8. The third-order valence-corrected chi connectivity index (χ3v) is 5.68. The highest BCUT2D eigenvalue weighted by molar-refractivity contribution is 5.93. The van der Waals surface area contributed by atoms with Crippen molar-refractivity contribution in [2.45, 2.75) is 45.2 Å². The molecule has 0 spiro atoms. The van der Waals surface area contributed by atoms with Crippen LogP contribution in [0.4, 0.5) is 0 Å². The largest absolute Gasteiger partial charge is 0.417 e. The van der Waals surface area contributed by atoms with Crippen molar-refractivity contribution in [1.29, 1.82) is 0 Å². The molecule has 0 radical (unpaired) electrons. The molecule has 1 atom stereocenters. The number of likely N-dealkylation sites (tertiary alicyclic amines) is 1. The predicted octanol–water partition coefficient (Wildman–Crippen LogP) is 4.26. The molecule has 158 valence electrons. The number of pyridine rings is 1. The van der Waals surface area contributed by atoms with Gasteiger partial charge in [0.2, 0.25) is 5.89 Å². The minimum Gasteiger partial charge on any atom is -0.417 e. The summed E-state index contributed by atoms with van der Waals surface area (Å²) >= 11 is 0. The van der Waals surface area contributed by atoms with E-state index in [2.05, 4.69) is 27.2 Å². The van der Waals surface area contributed by atoms with Crippen LogP contribution >= 0.6 is 0 Å². The fourth-order valence-corrected chi connectivity index (χ4v) is 4.16. The van der Waals surface area contributed by atoms with Gasteiger partial charge in [-0.1, -0.05) is 31.2 Å². The van der Waals surface area contributed by atoms with Crippen LogP contribution in [0.15, 0.2) is 53.2 Å². The molecule has 31 heavy (non-hydrogen) atoms. The van der Waals surface area contributed by atoms with Crippen molar-refractivity contribution in [1.82, 2.24) is 29.9 Å². The fraction of sp³-hybridized carbons (Fsp3) is 0.348. The van der Waals surface area contributed by atoms with Crippen LogP contribution in [0, 0.1) is 0 Å². The van der Waals surface area contributed by atoms with E-state index in [4.69, 9.17) is 4.42 Å². The van der Waals surface area contributed by atoms with E-state index in [0.29, 0.717) is 29.7 Å². The van der Waals surface area contributed by atoms with Gasteiger partial charge in [-0.15, -0.1) is 10.2 Å². The highest BCUT2D eigenvalue weighted by Crippen LogP contribution is 2.33. The number of hydrogen-bond acceptors (Lipinski definition) is 6. The van der Waals surface area contributed by atoms with Crippen molar-refractivity contribution in [3.63, 3.8) is 0 Å². The average Bonchev–Trinajstić information content (AvgIpc) is 3.49. The molecule has 0 unspecified atom stereocenters. The average molecular weight is 416 g/mol. The Balaban J connectivity index is 1.44. The van der Waals surface area contributed by atoms with Crippen LogP contribution in [-0.4, -0.2) is 42.3 Å². The minimum atomic E-state index is -0.256. The van der Waals surface area contributed by atoms with E-state index < -0.39 is 0 Å². The number of benzene rings is 1. The first-order valence-electron chi connectivity index (χ1n) is 10.8. The maximum Gasteiger partial charge on any atom is 0.275 e. The lowest BCUT2D eigenvalue weighted by atomic mass is 10.0. The lowest BCUT2D eigenvalue weighted by Gasteiger charge is -2.32. The molecule has 1 saturated heterocycles. The Hall–Kier alpha value is -3.55. The highest BCUT2D eigenvalue weighted by atomic mass is 16.4. The number of hydrogen-bond donors (Lipinski definition) is 0. The second-order valence-electron chi connectivity index (χ2n) is 7.80. The zero-order valence-electron chi connectivity index (χ0n) is 17.4. The summed E-state index contributed by atoms with van der Waals surface area (Å²) in [5, 5.41) is 15.0. The first kappa shape index (κ1) is 19.4. The Labute approximate surface area is 179 Å². The molecular weight excluding hydrogens is 392 g/mol. The number of aromatic nitrogens is 5. The van der Waals surface area contributed by atoms with E-state index >= 15 is 0 Å². The molecule has 0 aliphatic carbocycles. The smallest absolute Gasteiger partial charge is 0.275 e. The number of nitrogens with zero attached hydrogens (tertiary/aromatic N) is 6. The van der Waals surface area contributed by atoms with E-state index in [0.717, 1.165) is 43.0 Å². The van der Waals surface area contributed by atoms with E-state index in [1.54, 1.807) is 12.3 Å². The Kier molecular flexibility index (Phi) is 5.19. The SMILES string of the molecule is CCCn1ccc(C(=O)N2CCCC[C@H]2c2nnc(-c3nccc4ccccc34)o2)n1. The molecule has 5 rings (SSSR count). The van der Waals surface area contributed by atoms with E-state index in [1.807, 2.05) is 46.1 Å². The molecule has 1 amide bonds. The van der Waals surface area contributed by atoms with E-state index in [1.165, 1.54) is 0 Å². The van der Waals surface area contributed by atoms with Crippen LogP contribution in [0.25, 0.3) is 22.4 Å². The van der Waals surface area contributed by atoms with E-state index in [9.17, 15) is 4.79 Å². The maximum absolute atomic E-state index is 13.2. The van der Waals surface area contributed by atoms with Crippen LogP contribution in [0.1, 0.15) is 55.0 Å². The minimum absolute atomic E-state index is 0.0948. The molecule has 0 saturated carbocycles. The van der Waals surface area contributed by atoms with Gasteiger partial charge in [0, 0.05) is 30.9 Å². The summed E-state index contributed by atoms with van der Waals surface area (Å²) in [5.74, 6) is 0.727. The second-order valence-corrected chi connectivity index (χ2v) is 7.80. The molecule has 4 heterocycles. The van der Waals surface area contributed by atoms with Gasteiger partial charge in [-0.2, -0.15) is 5.10 Å². The fourth-order valence-electron chi connectivity index (χ4n) is 4.16. The van der Waals surface area contributed by atoms with Gasteiger partial charge in [-0.3, -0.25) is 14.5 Å². The topological polar surface area (TPSA) is 89.9 Å². The number of fused-ring (bicyclic) bond motifs is 1. The normalized spacial score (nSPS) is 16.7. The molecule has 1 aliphatic rings. The summed E-state index contributed by atoms with van der Waals surface area (Å²) in [6, 6.07) is 11.4. The van der Waals surface area contributed by atoms with Crippen molar-refractivity contribution < 1.29 is 9.21 Å². The summed E-state index contributed by atoms with van der Waals surface area (Å²) in [4.78, 5) is 19.5. The Morgan fingerprint density at radius 3 is 2.97 bits per heavy atom. The van der Waals surface area contributed by atoms with Crippen LogP contribution in [0.2, 0.25) is 0 Å². The zero-order chi connectivity index (χ0) is 21.2.